The van der Waals surface area contributed by atoms with Crippen molar-refractivity contribution in [2.75, 3.05) is 15.9 Å². The molecule has 0 aliphatic rings. The Morgan fingerprint density at radius 3 is 2.34 bits per heavy atom. The van der Waals surface area contributed by atoms with Crippen LogP contribution in [0.4, 0.5) is 11.4 Å². The molecule has 0 aliphatic carbocycles. The van der Waals surface area contributed by atoms with Gasteiger partial charge in [0.15, 0.2) is 0 Å². The maximum atomic E-state index is 12.9. The van der Waals surface area contributed by atoms with Crippen molar-refractivity contribution in [1.29, 1.82) is 0 Å². The lowest BCUT2D eigenvalue weighted by atomic mass is 10.1. The Labute approximate surface area is 193 Å². The number of ether oxygens (including phenoxy) is 1. The van der Waals surface area contributed by atoms with E-state index in [1.54, 1.807) is 49.4 Å². The third-order valence-corrected chi connectivity index (χ3v) is 6.33. The number of anilines is 2. The summed E-state index contributed by atoms with van der Waals surface area (Å²) in [5.74, 6) is 0.194. The Bertz CT molecular complexity index is 1180. The summed E-state index contributed by atoms with van der Waals surface area (Å²) in [4.78, 5) is 12.9. The number of carbonyl (C=O) groups excluding carboxylic acids is 1. The Kier molecular flexibility index (Phi) is 7.43. The molecule has 1 N–H and O–H groups in total. The van der Waals surface area contributed by atoms with Crippen LogP contribution in [-0.4, -0.2) is 26.6 Å². The number of amides is 1. The molecule has 3 aromatic carbocycles. The first-order valence-electron chi connectivity index (χ1n) is 9.98. The predicted octanol–water partition coefficient (Wildman–Crippen LogP) is 5.02. The number of sulfonamides is 1. The van der Waals surface area contributed by atoms with Crippen LogP contribution in [-0.2, 0) is 21.4 Å². The summed E-state index contributed by atoms with van der Waals surface area (Å²) in [6, 6.07) is 20.7. The third kappa shape index (κ3) is 6.02. The van der Waals surface area contributed by atoms with Gasteiger partial charge in [-0.05, 0) is 61.4 Å². The van der Waals surface area contributed by atoms with Crippen LogP contribution >= 0.6 is 11.6 Å². The summed E-state index contributed by atoms with van der Waals surface area (Å²) in [5, 5.41) is 3.15. The third-order valence-electron chi connectivity index (χ3n) is 4.87. The van der Waals surface area contributed by atoms with Crippen LogP contribution in [0, 0.1) is 6.92 Å². The first kappa shape index (κ1) is 23.6. The average molecular weight is 473 g/mol. The zero-order valence-corrected chi connectivity index (χ0v) is 19.7. The van der Waals surface area contributed by atoms with E-state index in [4.69, 9.17) is 16.3 Å². The Balaban J connectivity index is 1.71. The molecule has 32 heavy (non-hydrogen) atoms. The van der Waals surface area contributed by atoms with E-state index in [2.05, 4.69) is 5.32 Å². The van der Waals surface area contributed by atoms with E-state index in [9.17, 15) is 13.2 Å². The number of benzene rings is 3. The summed E-state index contributed by atoms with van der Waals surface area (Å²) in [5.41, 5.74) is 2.65. The van der Waals surface area contributed by atoms with Gasteiger partial charge >= 0.3 is 0 Å². The van der Waals surface area contributed by atoms with Crippen LogP contribution in [0.15, 0.2) is 72.8 Å². The van der Waals surface area contributed by atoms with E-state index in [1.807, 2.05) is 30.3 Å². The van der Waals surface area contributed by atoms with Gasteiger partial charge in [0.1, 0.15) is 18.4 Å². The Hall–Kier alpha value is -3.03. The van der Waals surface area contributed by atoms with Crippen LogP contribution in [0.2, 0.25) is 5.02 Å². The van der Waals surface area contributed by atoms with Gasteiger partial charge in [-0.2, -0.15) is 0 Å². The van der Waals surface area contributed by atoms with Crippen LogP contribution in [0.5, 0.6) is 5.75 Å². The fourth-order valence-corrected chi connectivity index (χ4v) is 4.61. The number of halogens is 1. The van der Waals surface area contributed by atoms with Gasteiger partial charge in [-0.25, -0.2) is 8.42 Å². The minimum Gasteiger partial charge on any atom is -0.489 e. The molecule has 0 aliphatic heterocycles. The molecule has 0 heterocycles. The largest absolute Gasteiger partial charge is 0.489 e. The van der Waals surface area contributed by atoms with Gasteiger partial charge < -0.3 is 10.1 Å². The van der Waals surface area contributed by atoms with Crippen LogP contribution in [0.3, 0.4) is 0 Å². The van der Waals surface area contributed by atoms with Gasteiger partial charge in [0, 0.05) is 10.7 Å². The van der Waals surface area contributed by atoms with E-state index in [1.165, 1.54) is 6.92 Å². The average Bonchev–Trinajstić information content (AvgIpc) is 2.75. The van der Waals surface area contributed by atoms with Crippen LogP contribution in [0.1, 0.15) is 18.1 Å². The van der Waals surface area contributed by atoms with Crippen molar-refractivity contribution in [1.82, 2.24) is 0 Å². The van der Waals surface area contributed by atoms with Crippen molar-refractivity contribution < 1.29 is 17.9 Å². The van der Waals surface area contributed by atoms with E-state index in [-0.39, 0.29) is 0 Å². The van der Waals surface area contributed by atoms with Gasteiger partial charge in [-0.3, -0.25) is 9.10 Å². The quantitative estimate of drug-likeness (QED) is 0.499. The zero-order valence-electron chi connectivity index (χ0n) is 18.1. The number of hydrogen-bond donors (Lipinski definition) is 1. The standard InChI is InChI=1S/C24H25ClN2O4S/c1-17-9-10-20(25)15-23(17)27(32(3,29)30)18(2)24(28)26-21-11-13-22(14-12-21)31-16-19-7-5-4-6-8-19/h4-15,18H,16H2,1-3H3,(H,26,28)/t18-/m0/s1. The second kappa shape index (κ2) is 10.1. The van der Waals surface area contributed by atoms with Gasteiger partial charge in [-0.1, -0.05) is 48.0 Å². The number of carbonyl (C=O) groups is 1. The van der Waals surface area contributed by atoms with E-state index in [0.29, 0.717) is 34.3 Å². The lowest BCUT2D eigenvalue weighted by Crippen LogP contribution is -2.45. The van der Waals surface area contributed by atoms with Crippen molar-refractivity contribution >= 4 is 38.9 Å². The molecular formula is C24H25ClN2O4S. The highest BCUT2D eigenvalue weighted by atomic mass is 35.5. The molecule has 1 amide bonds. The predicted molar refractivity (Wildman–Crippen MR) is 129 cm³/mol. The number of nitrogens with zero attached hydrogens (tertiary/aromatic N) is 1. The lowest BCUT2D eigenvalue weighted by Gasteiger charge is -2.29. The maximum absolute atomic E-state index is 12.9. The zero-order chi connectivity index (χ0) is 23.3. The maximum Gasteiger partial charge on any atom is 0.247 e. The van der Waals surface area contributed by atoms with Gasteiger partial charge in [-0.15, -0.1) is 0 Å². The Morgan fingerprint density at radius 1 is 1.06 bits per heavy atom. The smallest absolute Gasteiger partial charge is 0.247 e. The fourth-order valence-electron chi connectivity index (χ4n) is 3.22. The number of nitrogens with one attached hydrogen (secondary N) is 1. The first-order valence-corrected chi connectivity index (χ1v) is 12.2. The van der Waals surface area contributed by atoms with Gasteiger partial charge in [0.2, 0.25) is 15.9 Å². The molecule has 3 rings (SSSR count). The second-order valence-corrected chi connectivity index (χ2v) is 9.75. The molecule has 0 saturated carbocycles. The monoisotopic (exact) mass is 472 g/mol. The molecule has 3 aromatic rings. The minimum atomic E-state index is -3.74. The molecule has 0 spiro atoms. The lowest BCUT2D eigenvalue weighted by molar-refractivity contribution is -0.116. The molecule has 0 radical (unpaired) electrons. The molecule has 6 nitrogen and oxygen atoms in total. The van der Waals surface area contributed by atoms with Gasteiger partial charge in [0.25, 0.3) is 0 Å². The van der Waals surface area contributed by atoms with Crippen molar-refractivity contribution in [3.8, 4) is 5.75 Å². The normalized spacial score (nSPS) is 12.1. The molecule has 8 heteroatoms. The Morgan fingerprint density at radius 2 is 1.72 bits per heavy atom. The number of hydrogen-bond acceptors (Lipinski definition) is 4. The highest BCUT2D eigenvalue weighted by Gasteiger charge is 2.30. The summed E-state index contributed by atoms with van der Waals surface area (Å²) >= 11 is 6.07. The van der Waals surface area contributed by atoms with Crippen molar-refractivity contribution in [3.05, 3.63) is 88.9 Å². The number of rotatable bonds is 8. The highest BCUT2D eigenvalue weighted by Crippen LogP contribution is 2.28. The minimum absolute atomic E-state index is 0.368. The van der Waals surface area contributed by atoms with Crippen LogP contribution < -0.4 is 14.4 Å². The number of aryl methyl sites for hydroxylation is 1. The first-order chi connectivity index (χ1) is 15.1. The van der Waals surface area contributed by atoms with E-state index < -0.39 is 22.0 Å². The fraction of sp³-hybridized carbons (Fsp3) is 0.208. The molecule has 0 saturated heterocycles. The molecule has 0 aromatic heterocycles. The van der Waals surface area contributed by atoms with Gasteiger partial charge in [0.05, 0.1) is 11.9 Å². The van der Waals surface area contributed by atoms with E-state index >= 15 is 0 Å². The SMILES string of the molecule is Cc1ccc(Cl)cc1N([C@@H](C)C(=O)Nc1ccc(OCc2ccccc2)cc1)S(C)(=O)=O. The van der Waals surface area contributed by atoms with Crippen molar-refractivity contribution in [2.24, 2.45) is 0 Å². The summed E-state index contributed by atoms with van der Waals surface area (Å²) in [7, 11) is -3.74. The molecule has 168 valence electrons. The second-order valence-electron chi connectivity index (χ2n) is 7.45. The summed E-state index contributed by atoms with van der Waals surface area (Å²) in [6.45, 7) is 3.74. The van der Waals surface area contributed by atoms with Crippen molar-refractivity contribution in [2.45, 2.75) is 26.5 Å². The molecule has 0 bridgehead atoms. The van der Waals surface area contributed by atoms with Crippen molar-refractivity contribution in [3.63, 3.8) is 0 Å². The molecule has 1 atom stereocenters. The van der Waals surface area contributed by atoms with Crippen LogP contribution in [0.25, 0.3) is 0 Å². The molecule has 0 fully saturated rings. The highest BCUT2D eigenvalue weighted by molar-refractivity contribution is 7.92. The topological polar surface area (TPSA) is 75.7 Å². The summed E-state index contributed by atoms with van der Waals surface area (Å²) < 4.78 is 31.9. The summed E-state index contributed by atoms with van der Waals surface area (Å²) in [6.07, 6.45) is 1.07. The molecule has 0 unspecified atom stereocenters. The molecular weight excluding hydrogens is 448 g/mol. The van der Waals surface area contributed by atoms with E-state index in [0.717, 1.165) is 16.1 Å².